The van der Waals surface area contributed by atoms with Gasteiger partial charge in [-0.2, -0.15) is 0 Å². The van der Waals surface area contributed by atoms with Gasteiger partial charge in [-0.3, -0.25) is 9.59 Å². The molecule has 0 aliphatic heterocycles. The zero-order valence-electron chi connectivity index (χ0n) is 18.9. The Bertz CT molecular complexity index is 1330. The van der Waals surface area contributed by atoms with Crippen LogP contribution in [-0.2, 0) is 6.42 Å². The van der Waals surface area contributed by atoms with E-state index in [0.29, 0.717) is 34.1 Å². The van der Waals surface area contributed by atoms with E-state index >= 15 is 0 Å². The number of benzene rings is 3. The lowest BCUT2D eigenvalue weighted by molar-refractivity contribution is 0.0827. The fourth-order valence-corrected chi connectivity index (χ4v) is 4.46. The van der Waals surface area contributed by atoms with Crippen molar-refractivity contribution in [3.05, 3.63) is 105 Å². The number of Topliss-reactive ketones (excluding diaryl/α,β-unsaturated/α-hetero) is 1. The largest absolute Gasteiger partial charge is 0.360 e. The molecule has 0 spiro atoms. The normalized spacial score (nSPS) is 12.0. The molecule has 5 nitrogen and oxygen atoms in total. The number of nitrogens with one attached hydrogen (secondary N) is 2. The number of halogens is 2. The molecular weight excluding hydrogens is 469 g/mol. The quantitative estimate of drug-likeness (QED) is 0.299. The Hall–Kier alpha value is -3.12. The zero-order chi connectivity index (χ0) is 24.2. The number of rotatable bonds is 8. The van der Waals surface area contributed by atoms with Crippen LogP contribution in [0.3, 0.4) is 0 Å². The van der Waals surface area contributed by atoms with E-state index in [9.17, 15) is 9.59 Å². The predicted molar refractivity (Wildman–Crippen MR) is 138 cm³/mol. The number of carbonyl (C=O) groups is 2. The molecule has 1 heterocycles. The van der Waals surface area contributed by atoms with Gasteiger partial charge in [0.25, 0.3) is 5.91 Å². The number of hydrogen-bond acceptors (Lipinski definition) is 3. The Morgan fingerprint density at radius 2 is 1.76 bits per heavy atom. The number of aromatic amines is 1. The van der Waals surface area contributed by atoms with Crippen molar-refractivity contribution in [2.24, 2.45) is 0 Å². The smallest absolute Gasteiger partial charge is 0.253 e. The molecule has 174 valence electrons. The van der Waals surface area contributed by atoms with E-state index in [0.717, 1.165) is 22.0 Å². The van der Waals surface area contributed by atoms with Crippen LogP contribution in [0.4, 0.5) is 0 Å². The fraction of sp³-hybridized carbons (Fsp3) is 0.185. The maximum atomic E-state index is 13.7. The first-order valence-electron chi connectivity index (χ1n) is 10.9. The molecule has 4 rings (SSSR count). The van der Waals surface area contributed by atoms with Crippen LogP contribution in [0.1, 0.15) is 37.9 Å². The molecule has 0 saturated heterocycles. The van der Waals surface area contributed by atoms with Gasteiger partial charge in [0.2, 0.25) is 0 Å². The highest BCUT2D eigenvalue weighted by atomic mass is 35.5. The van der Waals surface area contributed by atoms with E-state index in [4.69, 9.17) is 23.2 Å². The highest BCUT2D eigenvalue weighted by Crippen LogP contribution is 2.26. The average Bonchev–Trinajstić information content (AvgIpc) is 3.26. The Morgan fingerprint density at radius 1 is 1.00 bits per heavy atom. The Morgan fingerprint density at radius 3 is 2.47 bits per heavy atom. The number of carbonyl (C=O) groups excluding carboxylic acids is 2. The first kappa shape index (κ1) is 24.0. The molecule has 0 aliphatic carbocycles. The number of aromatic nitrogens is 1. The van der Waals surface area contributed by atoms with Crippen molar-refractivity contribution < 1.29 is 9.59 Å². The van der Waals surface area contributed by atoms with Crippen LogP contribution in [0.2, 0.25) is 10.0 Å². The third-order valence-corrected chi connectivity index (χ3v) is 6.34. The van der Waals surface area contributed by atoms with Crippen LogP contribution in [0.5, 0.6) is 0 Å². The van der Waals surface area contributed by atoms with Crippen LogP contribution in [-0.4, -0.2) is 42.2 Å². The Labute approximate surface area is 208 Å². The van der Waals surface area contributed by atoms with Gasteiger partial charge in [0.05, 0.1) is 6.04 Å². The highest BCUT2D eigenvalue weighted by molar-refractivity contribution is 6.35. The molecular formula is C27H25Cl2N3O2. The van der Waals surface area contributed by atoms with Crippen molar-refractivity contribution in [3.63, 3.8) is 0 Å². The number of H-pyrrole nitrogens is 1. The van der Waals surface area contributed by atoms with Crippen molar-refractivity contribution in [1.82, 2.24) is 15.2 Å². The van der Waals surface area contributed by atoms with Crippen LogP contribution < -0.4 is 5.32 Å². The van der Waals surface area contributed by atoms with Crippen LogP contribution in [0.25, 0.3) is 10.9 Å². The van der Waals surface area contributed by atoms with E-state index < -0.39 is 6.04 Å². The van der Waals surface area contributed by atoms with Gasteiger partial charge >= 0.3 is 0 Å². The van der Waals surface area contributed by atoms with Crippen molar-refractivity contribution in [2.75, 3.05) is 20.6 Å². The van der Waals surface area contributed by atoms with E-state index in [2.05, 4.69) is 10.3 Å². The van der Waals surface area contributed by atoms with E-state index in [-0.39, 0.29) is 11.7 Å². The monoisotopic (exact) mass is 493 g/mol. The Balaban J connectivity index is 1.59. The topological polar surface area (TPSA) is 65.2 Å². The summed E-state index contributed by atoms with van der Waals surface area (Å²) in [6.45, 7) is 0.552. The molecule has 0 bridgehead atoms. The molecule has 1 aromatic heterocycles. The lowest BCUT2D eigenvalue weighted by Crippen LogP contribution is -2.30. The maximum absolute atomic E-state index is 13.7. The SMILES string of the molecule is CN(C)C(=O)c1ccc2c(C(=O)[C@@H](NCCc3ccc(Cl)cc3Cl)c3ccccc3)c[nH]c2c1. The number of amides is 1. The van der Waals surface area contributed by atoms with Gasteiger partial charge in [-0.25, -0.2) is 0 Å². The highest BCUT2D eigenvalue weighted by Gasteiger charge is 2.24. The second kappa shape index (κ2) is 10.4. The molecule has 0 radical (unpaired) electrons. The van der Waals surface area contributed by atoms with Gasteiger partial charge in [0.15, 0.2) is 5.78 Å². The minimum Gasteiger partial charge on any atom is -0.360 e. The van der Waals surface area contributed by atoms with Crippen molar-refractivity contribution in [3.8, 4) is 0 Å². The first-order valence-corrected chi connectivity index (χ1v) is 11.7. The number of fused-ring (bicyclic) bond motifs is 1. The van der Waals surface area contributed by atoms with E-state index in [1.54, 1.807) is 38.5 Å². The molecule has 2 N–H and O–H groups in total. The van der Waals surface area contributed by atoms with Crippen molar-refractivity contribution in [1.29, 1.82) is 0 Å². The van der Waals surface area contributed by atoms with Crippen molar-refractivity contribution in [2.45, 2.75) is 12.5 Å². The summed E-state index contributed by atoms with van der Waals surface area (Å²) in [7, 11) is 3.42. The molecule has 1 amide bonds. The molecule has 4 aromatic rings. The summed E-state index contributed by atoms with van der Waals surface area (Å²) in [6, 6.07) is 19.9. The number of nitrogens with zero attached hydrogens (tertiary/aromatic N) is 1. The number of ketones is 1. The van der Waals surface area contributed by atoms with Crippen LogP contribution in [0.15, 0.2) is 72.9 Å². The van der Waals surface area contributed by atoms with Crippen LogP contribution in [0, 0.1) is 0 Å². The van der Waals surface area contributed by atoms with Gasteiger partial charge in [-0.15, -0.1) is 0 Å². The van der Waals surface area contributed by atoms with Gasteiger partial charge in [-0.1, -0.05) is 65.7 Å². The van der Waals surface area contributed by atoms with Gasteiger partial charge in [0.1, 0.15) is 0 Å². The summed E-state index contributed by atoms with van der Waals surface area (Å²) in [5.74, 6) is -0.139. The maximum Gasteiger partial charge on any atom is 0.253 e. The van der Waals surface area contributed by atoms with Crippen molar-refractivity contribution >= 4 is 45.8 Å². The van der Waals surface area contributed by atoms with Gasteiger partial charge in [-0.05, 0) is 41.8 Å². The molecule has 3 aromatic carbocycles. The van der Waals surface area contributed by atoms with Gasteiger partial charge in [0, 0.05) is 58.9 Å². The summed E-state index contributed by atoms with van der Waals surface area (Å²) in [4.78, 5) is 30.7. The standard InChI is InChI=1S/C27H25Cl2N3O2/c1-32(2)27(34)19-9-11-21-22(16-31-24(21)14-19)26(33)25(18-6-4-3-5-7-18)30-13-12-17-8-10-20(28)15-23(17)29/h3-11,14-16,25,30-31H,12-13H2,1-2H3/t25-/m0/s1. The first-order chi connectivity index (χ1) is 16.3. The molecule has 0 saturated carbocycles. The molecule has 0 fully saturated rings. The average molecular weight is 494 g/mol. The summed E-state index contributed by atoms with van der Waals surface area (Å²) >= 11 is 12.3. The van der Waals surface area contributed by atoms with Gasteiger partial charge < -0.3 is 15.2 Å². The molecule has 34 heavy (non-hydrogen) atoms. The van der Waals surface area contributed by atoms with E-state index in [1.165, 1.54) is 4.90 Å². The van der Waals surface area contributed by atoms with Crippen LogP contribution >= 0.6 is 23.2 Å². The number of hydrogen-bond donors (Lipinski definition) is 2. The second-order valence-electron chi connectivity index (χ2n) is 8.31. The third-order valence-electron chi connectivity index (χ3n) is 5.75. The summed E-state index contributed by atoms with van der Waals surface area (Å²) < 4.78 is 0. The summed E-state index contributed by atoms with van der Waals surface area (Å²) in [6.07, 6.45) is 2.36. The lowest BCUT2D eigenvalue weighted by Gasteiger charge is -2.18. The minimum absolute atomic E-state index is 0.0497. The molecule has 0 unspecified atom stereocenters. The molecule has 1 atom stereocenters. The Kier molecular flexibility index (Phi) is 7.37. The fourth-order valence-electron chi connectivity index (χ4n) is 3.96. The summed E-state index contributed by atoms with van der Waals surface area (Å²) in [5.41, 5.74) is 3.72. The lowest BCUT2D eigenvalue weighted by atomic mass is 9.96. The third kappa shape index (κ3) is 5.17. The summed E-state index contributed by atoms with van der Waals surface area (Å²) in [5, 5.41) is 5.39. The molecule has 7 heteroatoms. The second-order valence-corrected chi connectivity index (χ2v) is 9.15. The molecule has 0 aliphatic rings. The zero-order valence-corrected chi connectivity index (χ0v) is 20.5. The van der Waals surface area contributed by atoms with E-state index in [1.807, 2.05) is 48.5 Å². The minimum atomic E-state index is -0.533. The predicted octanol–water partition coefficient (Wildman–Crippen LogP) is 5.93.